The van der Waals surface area contributed by atoms with Crippen molar-refractivity contribution in [3.8, 4) is 17.1 Å². The zero-order chi connectivity index (χ0) is 47.7. The molecule has 0 unspecified atom stereocenters. The second-order valence-electron chi connectivity index (χ2n) is 23.0. The standard InChI is InChI=1S/C66H69N2O2/c1-65(2,3)52-36-51(37-53(42-52)66(4,5)6)60-45(28-30-47-40-58(43-18-9-7-10-19-43)69-63-54-26-16-34-67-32-14-24-49(61(54)67)38-56(47)63)22-13-23-46(60)29-31-48-41-59(44-20-11-8-12-21-44)70-64-55-27-17-35-68-33-15-25-50(62(55)68)39-57(48)64/h7-12,18-21,28-31,36-42H,13-17,22-27,32-35H2,1-6H3/q+1. The van der Waals surface area contributed by atoms with Crippen molar-refractivity contribution in [3.05, 3.63) is 188 Å². The Hall–Kier alpha value is -6.39. The lowest BCUT2D eigenvalue weighted by atomic mass is 9.76. The SMILES string of the molecule is CC(C)(C)c1cc(C2=C(/C=C/c3cc(-c4ccccc4)[o+]c4c5c6c(cc34)CCCN6CCC5)CCC/C2=C\C=C2/C=C(c3ccccc3)Oc3c2cc2c4c3CCCN4CCC2)cc(C(C)(C)C)c1. The van der Waals surface area contributed by atoms with Crippen LogP contribution in [-0.2, 0) is 36.5 Å². The first kappa shape index (κ1) is 44.8. The van der Waals surface area contributed by atoms with E-state index in [4.69, 9.17) is 9.15 Å². The largest absolute Gasteiger partial charge is 0.456 e. The van der Waals surface area contributed by atoms with Crippen LogP contribution in [0.15, 0.2) is 137 Å². The number of rotatable bonds is 6. The van der Waals surface area contributed by atoms with Gasteiger partial charge in [-0.15, -0.1) is 0 Å². The zero-order valence-corrected chi connectivity index (χ0v) is 42.4. The molecule has 0 N–H and O–H groups in total. The van der Waals surface area contributed by atoms with E-state index in [2.05, 4.69) is 179 Å². The fourth-order valence-electron chi connectivity index (χ4n) is 12.5. The molecule has 12 rings (SSSR count). The lowest BCUT2D eigenvalue weighted by Crippen LogP contribution is -2.35. The van der Waals surface area contributed by atoms with Gasteiger partial charge in [-0.05, 0) is 162 Å². The molecule has 5 aromatic carbocycles. The number of hydrogen-bond acceptors (Lipinski definition) is 3. The summed E-state index contributed by atoms with van der Waals surface area (Å²) < 4.78 is 14.1. The Labute approximate surface area is 416 Å². The number of fused-ring (bicyclic) bond motifs is 4. The minimum absolute atomic E-state index is 0.0121. The van der Waals surface area contributed by atoms with Gasteiger partial charge in [0.25, 0.3) is 0 Å². The maximum absolute atomic E-state index is 7.05. The van der Waals surface area contributed by atoms with E-state index < -0.39 is 0 Å². The van der Waals surface area contributed by atoms with Crippen LogP contribution in [0.2, 0.25) is 0 Å². The summed E-state index contributed by atoms with van der Waals surface area (Å²) in [5.74, 6) is 2.92. The van der Waals surface area contributed by atoms with Gasteiger partial charge < -0.3 is 14.5 Å². The van der Waals surface area contributed by atoms with Crippen LogP contribution in [-0.4, -0.2) is 26.2 Å². The van der Waals surface area contributed by atoms with Crippen molar-refractivity contribution in [3.63, 3.8) is 0 Å². The van der Waals surface area contributed by atoms with Gasteiger partial charge >= 0.3 is 11.3 Å². The van der Waals surface area contributed by atoms with E-state index in [0.29, 0.717) is 0 Å². The van der Waals surface area contributed by atoms with Crippen LogP contribution >= 0.6 is 0 Å². The van der Waals surface area contributed by atoms with Crippen molar-refractivity contribution >= 4 is 45.3 Å². The molecule has 70 heavy (non-hydrogen) atoms. The van der Waals surface area contributed by atoms with Gasteiger partial charge in [-0.25, -0.2) is 4.42 Å². The van der Waals surface area contributed by atoms with Crippen LogP contribution in [0.4, 0.5) is 11.4 Å². The van der Waals surface area contributed by atoms with Crippen molar-refractivity contribution < 1.29 is 9.15 Å². The van der Waals surface area contributed by atoms with Crippen LogP contribution in [0, 0.1) is 0 Å². The Morgan fingerprint density at radius 1 is 0.557 bits per heavy atom. The molecule has 6 aliphatic rings. The molecule has 0 fully saturated rings. The summed E-state index contributed by atoms with van der Waals surface area (Å²) in [6.45, 7) is 18.7. The molecular weight excluding hydrogens is 853 g/mol. The first-order valence-electron chi connectivity index (χ1n) is 26.6. The van der Waals surface area contributed by atoms with Crippen LogP contribution in [0.25, 0.3) is 45.3 Å². The maximum Gasteiger partial charge on any atom is 0.366 e. The minimum Gasteiger partial charge on any atom is -0.456 e. The summed E-state index contributed by atoms with van der Waals surface area (Å²) in [6, 6.07) is 36.2. The molecule has 0 saturated carbocycles. The van der Waals surface area contributed by atoms with Crippen molar-refractivity contribution in [1.82, 2.24) is 0 Å². The first-order valence-corrected chi connectivity index (χ1v) is 26.6. The Balaban J connectivity index is 1.06. The molecule has 0 atom stereocenters. The molecule has 6 aromatic rings. The predicted octanol–water partition coefficient (Wildman–Crippen LogP) is 16.5. The van der Waals surface area contributed by atoms with E-state index in [9.17, 15) is 0 Å². The maximum atomic E-state index is 7.05. The number of ether oxygens (including phenoxy) is 1. The Morgan fingerprint density at radius 3 is 1.84 bits per heavy atom. The van der Waals surface area contributed by atoms with Gasteiger partial charge in [0.2, 0.25) is 0 Å². The second-order valence-corrected chi connectivity index (χ2v) is 23.0. The van der Waals surface area contributed by atoms with E-state index in [1.807, 2.05) is 0 Å². The highest BCUT2D eigenvalue weighted by atomic mass is 16.5. The average Bonchev–Trinajstić information content (AvgIpc) is 3.37. The van der Waals surface area contributed by atoms with Crippen LogP contribution in [0.5, 0.6) is 5.75 Å². The third-order valence-corrected chi connectivity index (χ3v) is 16.1. The molecule has 0 radical (unpaired) electrons. The fourth-order valence-corrected chi connectivity index (χ4v) is 12.5. The summed E-state index contributed by atoms with van der Waals surface area (Å²) in [7, 11) is 0. The summed E-state index contributed by atoms with van der Waals surface area (Å²) in [4.78, 5) is 5.26. The van der Waals surface area contributed by atoms with Gasteiger partial charge in [0.05, 0.1) is 28.3 Å². The van der Waals surface area contributed by atoms with Crippen molar-refractivity contribution in [2.24, 2.45) is 0 Å². The number of aryl methyl sites for hydroxylation is 3. The van der Waals surface area contributed by atoms with Gasteiger partial charge in [0.1, 0.15) is 11.5 Å². The summed E-state index contributed by atoms with van der Waals surface area (Å²) in [5, 5.41) is 1.24. The van der Waals surface area contributed by atoms with E-state index in [1.54, 1.807) is 0 Å². The smallest absolute Gasteiger partial charge is 0.366 e. The molecule has 5 aliphatic heterocycles. The molecule has 1 aromatic heterocycles. The van der Waals surface area contributed by atoms with Crippen LogP contribution < -0.4 is 14.5 Å². The molecule has 1 aliphatic carbocycles. The minimum atomic E-state index is -0.0121. The number of benzene rings is 5. The second kappa shape index (κ2) is 17.8. The first-order chi connectivity index (χ1) is 33.9. The summed E-state index contributed by atoms with van der Waals surface area (Å²) in [5.41, 5.74) is 23.9. The van der Waals surface area contributed by atoms with Gasteiger partial charge in [0, 0.05) is 54.1 Å². The molecule has 0 bridgehead atoms. The lowest BCUT2D eigenvalue weighted by Gasteiger charge is -2.39. The molecule has 0 amide bonds. The molecule has 354 valence electrons. The topological polar surface area (TPSA) is 27.0 Å². The highest BCUT2D eigenvalue weighted by Gasteiger charge is 2.34. The number of hydrogen-bond donors (Lipinski definition) is 0. The van der Waals surface area contributed by atoms with Crippen molar-refractivity contribution in [2.45, 2.75) is 123 Å². The quantitative estimate of drug-likeness (QED) is 0.156. The summed E-state index contributed by atoms with van der Waals surface area (Å²) in [6.07, 6.45) is 24.4. The Kier molecular flexibility index (Phi) is 11.4. The average molecular weight is 922 g/mol. The third-order valence-electron chi connectivity index (χ3n) is 16.1. The van der Waals surface area contributed by atoms with Gasteiger partial charge in [-0.1, -0.05) is 133 Å². The number of nitrogens with zero attached hydrogens (tertiary/aromatic N) is 2. The highest BCUT2D eigenvalue weighted by Crippen LogP contribution is 2.50. The molecule has 6 heterocycles. The Morgan fingerprint density at radius 2 is 1.17 bits per heavy atom. The summed E-state index contributed by atoms with van der Waals surface area (Å²) >= 11 is 0. The highest BCUT2D eigenvalue weighted by molar-refractivity contribution is 5.97. The fraction of sp³-hybridized carbons (Fsp3) is 0.348. The van der Waals surface area contributed by atoms with Gasteiger partial charge in [0.15, 0.2) is 0 Å². The van der Waals surface area contributed by atoms with Gasteiger partial charge in [-0.3, -0.25) is 0 Å². The lowest BCUT2D eigenvalue weighted by molar-refractivity contribution is 0.494. The van der Waals surface area contributed by atoms with Gasteiger partial charge in [-0.2, -0.15) is 0 Å². The molecule has 0 saturated heterocycles. The van der Waals surface area contributed by atoms with Crippen molar-refractivity contribution in [2.75, 3.05) is 36.0 Å². The van der Waals surface area contributed by atoms with E-state index in [-0.39, 0.29) is 10.8 Å². The van der Waals surface area contributed by atoms with Crippen LogP contribution in [0.3, 0.4) is 0 Å². The van der Waals surface area contributed by atoms with E-state index in [1.165, 1.54) is 102 Å². The van der Waals surface area contributed by atoms with E-state index in [0.717, 1.165) is 118 Å². The number of anilines is 2. The molecule has 0 spiro atoms. The predicted molar refractivity (Wildman–Crippen MR) is 295 cm³/mol. The molecule has 4 nitrogen and oxygen atoms in total. The monoisotopic (exact) mass is 922 g/mol. The molecule has 4 heteroatoms. The van der Waals surface area contributed by atoms with Crippen molar-refractivity contribution in [1.29, 1.82) is 0 Å². The Bertz CT molecular complexity index is 3180. The third kappa shape index (κ3) is 8.25. The number of allylic oxidation sites excluding steroid dienone is 8. The van der Waals surface area contributed by atoms with E-state index >= 15 is 0 Å². The zero-order valence-electron chi connectivity index (χ0n) is 42.4. The molecular formula is C66H69N2O2+. The normalized spacial score (nSPS) is 19.1. The van der Waals surface area contributed by atoms with Crippen LogP contribution in [0.1, 0.15) is 142 Å².